The van der Waals surface area contributed by atoms with Gasteiger partial charge >= 0.3 is 0 Å². The number of fused-ring (bicyclic) bond motifs is 3. The lowest BCUT2D eigenvalue weighted by atomic mass is 10.1. The molecule has 4 heterocycles. The van der Waals surface area contributed by atoms with Gasteiger partial charge in [-0.05, 0) is 30.3 Å². The summed E-state index contributed by atoms with van der Waals surface area (Å²) in [5, 5.41) is 11.2. The zero-order chi connectivity index (χ0) is 23.5. The van der Waals surface area contributed by atoms with E-state index in [0.717, 1.165) is 27.8 Å². The summed E-state index contributed by atoms with van der Waals surface area (Å²) in [4.78, 5) is 32.5. The lowest BCUT2D eigenvalue weighted by Crippen LogP contribution is -2.37. The lowest BCUT2D eigenvalue weighted by Gasteiger charge is -2.19. The van der Waals surface area contributed by atoms with Gasteiger partial charge in [-0.2, -0.15) is 5.10 Å². The SMILES string of the molecule is O=C(NC1[C@H]2CN(C(=O)c3n[nH]c4ccccc34)C[C@@H]12)c1cccc(-c2cn3ccccc3n2)c1. The maximum atomic E-state index is 13.0. The molecule has 35 heavy (non-hydrogen) atoms. The highest BCUT2D eigenvalue weighted by molar-refractivity contribution is 6.04. The molecule has 2 amide bonds. The molecule has 2 aliphatic rings. The molecular weight excluding hydrogens is 440 g/mol. The molecule has 2 aromatic carbocycles. The van der Waals surface area contributed by atoms with Gasteiger partial charge < -0.3 is 14.6 Å². The number of nitrogens with zero attached hydrogens (tertiary/aromatic N) is 4. The molecule has 8 nitrogen and oxygen atoms in total. The number of hydrogen-bond acceptors (Lipinski definition) is 4. The van der Waals surface area contributed by atoms with Gasteiger partial charge in [0.15, 0.2) is 5.69 Å². The maximum Gasteiger partial charge on any atom is 0.275 e. The highest BCUT2D eigenvalue weighted by atomic mass is 16.2. The number of amides is 2. The highest BCUT2D eigenvalue weighted by Gasteiger charge is 2.57. The molecule has 1 aliphatic heterocycles. The smallest absolute Gasteiger partial charge is 0.275 e. The van der Waals surface area contributed by atoms with Crippen LogP contribution in [0.5, 0.6) is 0 Å². The molecule has 1 aliphatic carbocycles. The fourth-order valence-electron chi connectivity index (χ4n) is 5.31. The van der Waals surface area contributed by atoms with Gasteiger partial charge in [-0.1, -0.05) is 36.4 Å². The van der Waals surface area contributed by atoms with E-state index in [2.05, 4.69) is 20.5 Å². The molecule has 0 radical (unpaired) electrons. The predicted octanol–water partition coefficient (Wildman–Crippen LogP) is 3.38. The number of nitrogens with one attached hydrogen (secondary N) is 2. The quantitative estimate of drug-likeness (QED) is 0.428. The molecule has 1 saturated heterocycles. The first kappa shape index (κ1) is 20.0. The van der Waals surface area contributed by atoms with Crippen LogP contribution < -0.4 is 5.32 Å². The fraction of sp³-hybridized carbons (Fsp3) is 0.185. The Bertz CT molecular complexity index is 1570. The molecule has 5 aromatic rings. The van der Waals surface area contributed by atoms with E-state index in [9.17, 15) is 9.59 Å². The Hall–Kier alpha value is -4.46. The van der Waals surface area contributed by atoms with Crippen LogP contribution in [-0.4, -0.2) is 55.4 Å². The number of carbonyl (C=O) groups is 2. The number of H-pyrrole nitrogens is 1. The number of likely N-dealkylation sites (tertiary alicyclic amines) is 1. The summed E-state index contributed by atoms with van der Waals surface area (Å²) in [6.45, 7) is 1.27. The summed E-state index contributed by atoms with van der Waals surface area (Å²) in [5.74, 6) is 0.426. The normalized spacial score (nSPS) is 20.8. The molecule has 3 atom stereocenters. The molecule has 0 bridgehead atoms. The Kier molecular flexibility index (Phi) is 4.29. The van der Waals surface area contributed by atoms with Crippen molar-refractivity contribution >= 4 is 28.4 Å². The van der Waals surface area contributed by atoms with E-state index >= 15 is 0 Å². The van der Waals surface area contributed by atoms with E-state index in [-0.39, 0.29) is 29.7 Å². The summed E-state index contributed by atoms with van der Waals surface area (Å²) in [6, 6.07) is 21.2. The molecule has 3 aromatic heterocycles. The average molecular weight is 463 g/mol. The number of aromatic amines is 1. The Labute approximate surface area is 200 Å². The van der Waals surface area contributed by atoms with E-state index in [1.807, 2.05) is 88.4 Å². The van der Waals surface area contributed by atoms with Crippen LogP contribution in [0, 0.1) is 11.8 Å². The molecule has 8 heteroatoms. The van der Waals surface area contributed by atoms with Crippen molar-refractivity contribution in [2.45, 2.75) is 6.04 Å². The summed E-state index contributed by atoms with van der Waals surface area (Å²) in [5.41, 5.74) is 4.53. The van der Waals surface area contributed by atoms with E-state index in [4.69, 9.17) is 0 Å². The van der Waals surface area contributed by atoms with Crippen molar-refractivity contribution in [1.29, 1.82) is 0 Å². The van der Waals surface area contributed by atoms with Crippen molar-refractivity contribution in [2.75, 3.05) is 13.1 Å². The van der Waals surface area contributed by atoms with Crippen molar-refractivity contribution in [3.63, 3.8) is 0 Å². The van der Waals surface area contributed by atoms with E-state index in [1.165, 1.54) is 0 Å². The molecule has 1 unspecified atom stereocenters. The number of para-hydroxylation sites is 1. The van der Waals surface area contributed by atoms with Gasteiger partial charge in [-0.15, -0.1) is 0 Å². The molecule has 2 fully saturated rings. The molecule has 0 spiro atoms. The summed E-state index contributed by atoms with van der Waals surface area (Å²) in [6.07, 6.45) is 3.92. The van der Waals surface area contributed by atoms with Gasteiger partial charge in [0.1, 0.15) is 5.65 Å². The third-order valence-corrected chi connectivity index (χ3v) is 7.24. The van der Waals surface area contributed by atoms with Crippen LogP contribution in [0.1, 0.15) is 20.8 Å². The van der Waals surface area contributed by atoms with E-state index < -0.39 is 0 Å². The molecule has 1 saturated carbocycles. The van der Waals surface area contributed by atoms with E-state index in [0.29, 0.717) is 24.3 Å². The Morgan fingerprint density at radius 2 is 1.80 bits per heavy atom. The zero-order valence-electron chi connectivity index (χ0n) is 18.8. The first-order valence-electron chi connectivity index (χ1n) is 11.7. The van der Waals surface area contributed by atoms with Crippen molar-refractivity contribution in [1.82, 2.24) is 29.8 Å². The Balaban J connectivity index is 1.02. The summed E-state index contributed by atoms with van der Waals surface area (Å²) < 4.78 is 1.96. The average Bonchev–Trinajstić information content (AvgIpc) is 3.36. The standard InChI is InChI=1S/C27H22N6O2/c34-26(17-7-5-6-16(12-17)22-15-32-11-4-3-10-23(32)28-22)29-24-19-13-33(14-20(19)24)27(35)25-18-8-1-2-9-21(18)30-31-25/h1-12,15,19-20,24H,13-14H2,(H,29,34)(H,30,31)/t19-,20+,24?. The van der Waals surface area contributed by atoms with Crippen molar-refractivity contribution < 1.29 is 9.59 Å². The molecule has 172 valence electrons. The van der Waals surface area contributed by atoms with Crippen LogP contribution >= 0.6 is 0 Å². The third-order valence-electron chi connectivity index (χ3n) is 7.24. The van der Waals surface area contributed by atoms with Gasteiger partial charge in [0.05, 0.1) is 11.2 Å². The van der Waals surface area contributed by atoms with Crippen LogP contribution in [0.2, 0.25) is 0 Å². The first-order valence-corrected chi connectivity index (χ1v) is 11.7. The predicted molar refractivity (Wildman–Crippen MR) is 131 cm³/mol. The van der Waals surface area contributed by atoms with Crippen LogP contribution in [0.4, 0.5) is 0 Å². The second-order valence-corrected chi connectivity index (χ2v) is 9.33. The molecule has 2 N–H and O–H groups in total. The maximum absolute atomic E-state index is 13.0. The number of imidazole rings is 1. The van der Waals surface area contributed by atoms with Gasteiger partial charge in [0.2, 0.25) is 0 Å². The van der Waals surface area contributed by atoms with Gasteiger partial charge in [0.25, 0.3) is 11.8 Å². The molecular formula is C27H22N6O2. The van der Waals surface area contributed by atoms with E-state index in [1.54, 1.807) is 0 Å². The van der Waals surface area contributed by atoms with Gasteiger partial charge in [-0.3, -0.25) is 14.7 Å². The number of pyridine rings is 1. The number of piperidine rings is 1. The van der Waals surface area contributed by atoms with Crippen molar-refractivity contribution in [3.05, 3.63) is 90.4 Å². The Morgan fingerprint density at radius 1 is 0.971 bits per heavy atom. The number of benzene rings is 2. The van der Waals surface area contributed by atoms with Gasteiger partial charge in [0, 0.05) is 59.9 Å². The summed E-state index contributed by atoms with van der Waals surface area (Å²) in [7, 11) is 0. The number of aromatic nitrogens is 4. The number of hydrogen-bond donors (Lipinski definition) is 2. The highest BCUT2D eigenvalue weighted by Crippen LogP contribution is 2.46. The minimum atomic E-state index is -0.0915. The topological polar surface area (TPSA) is 95.4 Å². The number of rotatable bonds is 4. The van der Waals surface area contributed by atoms with Crippen LogP contribution in [0.25, 0.3) is 27.8 Å². The second-order valence-electron chi connectivity index (χ2n) is 9.33. The van der Waals surface area contributed by atoms with Gasteiger partial charge in [-0.25, -0.2) is 4.98 Å². The minimum absolute atomic E-state index is 0.0557. The van der Waals surface area contributed by atoms with Crippen molar-refractivity contribution in [3.8, 4) is 11.3 Å². The monoisotopic (exact) mass is 462 g/mol. The first-order chi connectivity index (χ1) is 17.2. The Morgan fingerprint density at radius 3 is 2.66 bits per heavy atom. The lowest BCUT2D eigenvalue weighted by molar-refractivity contribution is 0.0765. The fourth-order valence-corrected chi connectivity index (χ4v) is 5.31. The second kappa shape index (κ2) is 7.53. The minimum Gasteiger partial charge on any atom is -0.349 e. The third kappa shape index (κ3) is 3.29. The van der Waals surface area contributed by atoms with Crippen LogP contribution in [0.3, 0.4) is 0 Å². The summed E-state index contributed by atoms with van der Waals surface area (Å²) >= 11 is 0. The van der Waals surface area contributed by atoms with Crippen LogP contribution in [0.15, 0.2) is 79.1 Å². The zero-order valence-corrected chi connectivity index (χ0v) is 18.8. The van der Waals surface area contributed by atoms with Crippen LogP contribution in [-0.2, 0) is 0 Å². The number of carbonyl (C=O) groups excluding carboxylic acids is 2. The largest absolute Gasteiger partial charge is 0.349 e. The molecule has 7 rings (SSSR count). The van der Waals surface area contributed by atoms with Crippen molar-refractivity contribution in [2.24, 2.45) is 11.8 Å².